The molecule has 2 aliphatic rings. The molecule has 1 aromatic rings. The normalized spacial score (nSPS) is 23.8. The highest BCUT2D eigenvalue weighted by Gasteiger charge is 2.39. The van der Waals surface area contributed by atoms with Crippen LogP contribution in [0.1, 0.15) is 63.4 Å². The van der Waals surface area contributed by atoms with Gasteiger partial charge < -0.3 is 10.2 Å². The van der Waals surface area contributed by atoms with Crippen LogP contribution in [-0.4, -0.2) is 55.1 Å². The Morgan fingerprint density at radius 1 is 1.25 bits per heavy atom. The summed E-state index contributed by atoms with van der Waals surface area (Å²) in [6.07, 6.45) is 8.37. The highest BCUT2D eigenvalue weighted by atomic mass is 35.5. The second kappa shape index (κ2) is 9.00. The largest absolute Gasteiger partial charge is 0.367 e. The number of hydrogen-bond acceptors (Lipinski definition) is 4. The summed E-state index contributed by atoms with van der Waals surface area (Å²) in [5, 5.41) is 3.19. The van der Waals surface area contributed by atoms with Crippen LogP contribution >= 0.6 is 11.6 Å². The van der Waals surface area contributed by atoms with Crippen molar-refractivity contribution in [2.75, 3.05) is 38.1 Å². The smallest absolute Gasteiger partial charge is 0.269 e. The van der Waals surface area contributed by atoms with Gasteiger partial charge in [0.05, 0.1) is 16.9 Å². The molecule has 1 saturated heterocycles. The van der Waals surface area contributed by atoms with Gasteiger partial charge in [0, 0.05) is 39.3 Å². The summed E-state index contributed by atoms with van der Waals surface area (Å²) in [7, 11) is 1.60. The molecule has 3 rings (SSSR count). The molecule has 1 amide bonds. The average Bonchev–Trinajstić information content (AvgIpc) is 3.23. The fourth-order valence-electron chi connectivity index (χ4n) is 4.99. The number of carbonyl (C=O) groups is 1. The monoisotopic (exact) mass is 406 g/mol. The van der Waals surface area contributed by atoms with E-state index in [1.54, 1.807) is 19.3 Å². The number of aromatic nitrogens is 1. The number of pyridine rings is 1. The highest BCUT2D eigenvalue weighted by Crippen LogP contribution is 2.45. The Kier molecular flexibility index (Phi) is 6.87. The Morgan fingerprint density at radius 3 is 2.50 bits per heavy atom. The lowest BCUT2D eigenvalue weighted by Gasteiger charge is -2.40. The first-order valence-corrected chi connectivity index (χ1v) is 11.2. The summed E-state index contributed by atoms with van der Waals surface area (Å²) >= 11 is 6.45. The Hall–Kier alpha value is -1.33. The number of rotatable bonds is 6. The van der Waals surface area contributed by atoms with Crippen molar-refractivity contribution in [2.45, 2.75) is 58.9 Å². The molecule has 1 aromatic heterocycles. The second-order valence-corrected chi connectivity index (χ2v) is 9.06. The lowest BCUT2D eigenvalue weighted by Crippen LogP contribution is -2.50. The van der Waals surface area contributed by atoms with E-state index >= 15 is 0 Å². The van der Waals surface area contributed by atoms with Gasteiger partial charge >= 0.3 is 0 Å². The zero-order valence-corrected chi connectivity index (χ0v) is 18.6. The summed E-state index contributed by atoms with van der Waals surface area (Å²) in [5.41, 5.74) is 1.80. The first-order valence-electron chi connectivity index (χ1n) is 10.8. The standard InChI is InChI=1S/C22H35ClN4O/c1-5-22(3,6-2)16-7-8-17(13-16)26-9-11-27(12-10-26)20-15-25-19(14-18(20)23)21(28)24-4/h14-17H,5-13H2,1-4H3,(H,24,28). The minimum Gasteiger partial charge on any atom is -0.367 e. The second-order valence-electron chi connectivity index (χ2n) is 8.65. The fraction of sp³-hybridized carbons (Fsp3) is 0.727. The van der Waals surface area contributed by atoms with Crippen molar-refractivity contribution in [1.82, 2.24) is 15.2 Å². The van der Waals surface area contributed by atoms with Crippen molar-refractivity contribution >= 4 is 23.2 Å². The molecule has 5 nitrogen and oxygen atoms in total. The zero-order chi connectivity index (χ0) is 20.3. The van der Waals surface area contributed by atoms with E-state index in [9.17, 15) is 4.79 Å². The molecule has 156 valence electrons. The number of carbonyl (C=O) groups excluding carboxylic acids is 1. The van der Waals surface area contributed by atoms with Crippen LogP contribution in [0.25, 0.3) is 0 Å². The van der Waals surface area contributed by atoms with Crippen molar-refractivity contribution in [3.05, 3.63) is 23.0 Å². The molecule has 0 bridgehead atoms. The molecule has 1 N–H and O–H groups in total. The number of halogens is 1. The van der Waals surface area contributed by atoms with Gasteiger partial charge in [-0.05, 0) is 36.7 Å². The summed E-state index contributed by atoms with van der Waals surface area (Å²) in [6, 6.07) is 2.40. The van der Waals surface area contributed by atoms with Crippen LogP contribution < -0.4 is 10.2 Å². The van der Waals surface area contributed by atoms with Gasteiger partial charge in [-0.1, -0.05) is 45.2 Å². The topological polar surface area (TPSA) is 48.5 Å². The third kappa shape index (κ3) is 4.30. The summed E-state index contributed by atoms with van der Waals surface area (Å²) in [4.78, 5) is 21.0. The number of piperazine rings is 1. The highest BCUT2D eigenvalue weighted by molar-refractivity contribution is 6.33. The first-order chi connectivity index (χ1) is 13.4. The Balaban J connectivity index is 1.57. The summed E-state index contributed by atoms with van der Waals surface area (Å²) < 4.78 is 0. The molecule has 6 heteroatoms. The summed E-state index contributed by atoms with van der Waals surface area (Å²) in [6.45, 7) is 11.2. The van der Waals surface area contributed by atoms with E-state index < -0.39 is 0 Å². The van der Waals surface area contributed by atoms with Gasteiger partial charge in [-0.2, -0.15) is 0 Å². The van der Waals surface area contributed by atoms with Gasteiger partial charge in [-0.3, -0.25) is 9.69 Å². The zero-order valence-electron chi connectivity index (χ0n) is 17.8. The molecule has 0 spiro atoms. The van der Waals surface area contributed by atoms with Crippen molar-refractivity contribution in [2.24, 2.45) is 11.3 Å². The maximum Gasteiger partial charge on any atom is 0.269 e. The van der Waals surface area contributed by atoms with Crippen LogP contribution in [0, 0.1) is 11.3 Å². The lowest BCUT2D eigenvalue weighted by molar-refractivity contribution is 0.0958. The molecule has 2 heterocycles. The molecular formula is C22H35ClN4O. The Labute approximate surface area is 174 Å². The molecule has 0 radical (unpaired) electrons. The molecule has 2 unspecified atom stereocenters. The van der Waals surface area contributed by atoms with Crippen LogP contribution in [0.2, 0.25) is 5.02 Å². The maximum absolute atomic E-state index is 11.7. The SMILES string of the molecule is CCC(C)(CC)C1CCC(N2CCN(c3cnc(C(=O)NC)cc3Cl)CC2)C1. The number of anilines is 1. The Bertz CT molecular complexity index is 683. The third-order valence-corrected chi connectivity index (χ3v) is 7.77. The quantitative estimate of drug-likeness (QED) is 0.768. The molecular weight excluding hydrogens is 372 g/mol. The molecule has 2 atom stereocenters. The fourth-order valence-corrected chi connectivity index (χ4v) is 5.26. The van der Waals surface area contributed by atoms with Crippen LogP contribution in [0.5, 0.6) is 0 Å². The van der Waals surface area contributed by atoms with E-state index in [2.05, 4.69) is 40.9 Å². The maximum atomic E-state index is 11.7. The van der Waals surface area contributed by atoms with E-state index in [1.807, 2.05) is 0 Å². The molecule has 0 aromatic carbocycles. The molecule has 1 saturated carbocycles. The number of amides is 1. The number of hydrogen-bond donors (Lipinski definition) is 1. The van der Waals surface area contributed by atoms with E-state index in [-0.39, 0.29) is 5.91 Å². The average molecular weight is 407 g/mol. The van der Waals surface area contributed by atoms with Gasteiger partial charge in [0.15, 0.2) is 0 Å². The van der Waals surface area contributed by atoms with Crippen LogP contribution in [0.4, 0.5) is 5.69 Å². The van der Waals surface area contributed by atoms with E-state index in [1.165, 1.54) is 32.1 Å². The molecule has 28 heavy (non-hydrogen) atoms. The Morgan fingerprint density at radius 2 is 1.93 bits per heavy atom. The van der Waals surface area contributed by atoms with Crippen LogP contribution in [-0.2, 0) is 0 Å². The minimum absolute atomic E-state index is 0.208. The van der Waals surface area contributed by atoms with E-state index in [4.69, 9.17) is 11.6 Å². The van der Waals surface area contributed by atoms with Gasteiger partial charge in [0.1, 0.15) is 5.69 Å². The predicted molar refractivity (Wildman–Crippen MR) is 116 cm³/mol. The predicted octanol–water partition coefficient (Wildman–Crippen LogP) is 4.21. The van der Waals surface area contributed by atoms with Gasteiger partial charge in [0.25, 0.3) is 5.91 Å². The van der Waals surface area contributed by atoms with Crippen molar-refractivity contribution in [1.29, 1.82) is 0 Å². The van der Waals surface area contributed by atoms with Gasteiger partial charge in [0.2, 0.25) is 0 Å². The van der Waals surface area contributed by atoms with Crippen LogP contribution in [0.15, 0.2) is 12.3 Å². The lowest BCUT2D eigenvalue weighted by atomic mass is 9.72. The van der Waals surface area contributed by atoms with Crippen LogP contribution in [0.3, 0.4) is 0 Å². The van der Waals surface area contributed by atoms with Gasteiger partial charge in [-0.15, -0.1) is 0 Å². The molecule has 2 fully saturated rings. The van der Waals surface area contributed by atoms with Crippen molar-refractivity contribution < 1.29 is 4.79 Å². The number of nitrogens with one attached hydrogen (secondary N) is 1. The molecule has 1 aliphatic heterocycles. The first kappa shape index (κ1) is 21.4. The van der Waals surface area contributed by atoms with Crippen molar-refractivity contribution in [3.8, 4) is 0 Å². The van der Waals surface area contributed by atoms with E-state index in [0.29, 0.717) is 16.1 Å². The number of nitrogens with zero attached hydrogens (tertiary/aromatic N) is 3. The third-order valence-electron chi connectivity index (χ3n) is 7.47. The molecule has 1 aliphatic carbocycles. The van der Waals surface area contributed by atoms with Gasteiger partial charge in [-0.25, -0.2) is 4.98 Å². The summed E-state index contributed by atoms with van der Waals surface area (Å²) in [5.74, 6) is 0.654. The van der Waals surface area contributed by atoms with E-state index in [0.717, 1.165) is 43.8 Å². The van der Waals surface area contributed by atoms with Crippen molar-refractivity contribution in [3.63, 3.8) is 0 Å². The minimum atomic E-state index is -0.208.